The van der Waals surface area contributed by atoms with Crippen molar-refractivity contribution >= 4 is 23.7 Å². The van der Waals surface area contributed by atoms with Crippen LogP contribution in [0.4, 0.5) is 5.95 Å². The van der Waals surface area contributed by atoms with E-state index in [1.807, 2.05) is 18.4 Å². The van der Waals surface area contributed by atoms with Crippen LogP contribution in [0.2, 0.25) is 0 Å². The Morgan fingerprint density at radius 1 is 1.58 bits per heavy atom. The maximum Gasteiger partial charge on any atom is 0.338 e. The van der Waals surface area contributed by atoms with Gasteiger partial charge in [-0.05, 0) is 19.9 Å². The molecule has 0 atom stereocenters. The van der Waals surface area contributed by atoms with Crippen LogP contribution < -0.4 is 5.73 Å². The molecule has 0 amide bonds. The van der Waals surface area contributed by atoms with Crippen LogP contribution >= 0.6 is 11.8 Å². The van der Waals surface area contributed by atoms with Gasteiger partial charge >= 0.3 is 5.97 Å². The first kappa shape index (κ1) is 13.5. The summed E-state index contributed by atoms with van der Waals surface area (Å²) < 4.78 is 6.98. The number of aromatic nitrogens is 3. The fourth-order valence-electron chi connectivity index (χ4n) is 1.58. The molecule has 0 aromatic carbocycles. The molecule has 0 aliphatic carbocycles. The average molecular weight is 282 g/mol. The molecule has 0 radical (unpaired) electrons. The highest BCUT2D eigenvalue weighted by Crippen LogP contribution is 2.26. The summed E-state index contributed by atoms with van der Waals surface area (Å²) in [5.74, 6) is 0.398. The number of nitrogens with two attached hydrogens (primary N) is 1. The second-order valence-electron chi connectivity index (χ2n) is 4.20. The van der Waals surface area contributed by atoms with Crippen molar-refractivity contribution in [2.24, 2.45) is 0 Å². The minimum absolute atomic E-state index is 0.139. The Labute approximate surface area is 113 Å². The molecule has 3 N–H and O–H groups in total. The van der Waals surface area contributed by atoms with Crippen LogP contribution in [0.15, 0.2) is 21.9 Å². The lowest BCUT2D eigenvalue weighted by Gasteiger charge is -2.10. The van der Waals surface area contributed by atoms with Gasteiger partial charge in [0.25, 0.3) is 0 Å². The molecule has 102 valence electrons. The number of nitrogens with zero attached hydrogens (tertiary/aromatic N) is 3. The molecule has 2 aromatic rings. The standard InChI is InChI=1S/C11H14N4O3S/c1-6(2)15-10(12)13-14-11(15)19-5-8-3-7(4-18-8)9(16)17/h3-4,6H,5H2,1-2H3,(H2,12,13)(H,16,17). The van der Waals surface area contributed by atoms with Gasteiger partial charge in [0.15, 0.2) is 5.16 Å². The summed E-state index contributed by atoms with van der Waals surface area (Å²) in [6.45, 7) is 3.97. The molecule has 8 heteroatoms. The Morgan fingerprint density at radius 3 is 2.89 bits per heavy atom. The zero-order valence-corrected chi connectivity index (χ0v) is 11.3. The topological polar surface area (TPSA) is 107 Å². The van der Waals surface area contributed by atoms with E-state index in [4.69, 9.17) is 15.3 Å². The Bertz CT molecular complexity index is 591. The minimum Gasteiger partial charge on any atom is -0.478 e. The number of nitrogen functional groups attached to an aromatic ring is 1. The van der Waals surface area contributed by atoms with E-state index in [0.29, 0.717) is 22.6 Å². The molecule has 2 heterocycles. The maximum absolute atomic E-state index is 10.7. The maximum atomic E-state index is 10.7. The predicted molar refractivity (Wildman–Crippen MR) is 70.0 cm³/mol. The molecule has 0 bridgehead atoms. The van der Waals surface area contributed by atoms with Crippen molar-refractivity contribution in [1.29, 1.82) is 0 Å². The molecule has 2 aromatic heterocycles. The van der Waals surface area contributed by atoms with Crippen molar-refractivity contribution < 1.29 is 14.3 Å². The lowest BCUT2D eigenvalue weighted by molar-refractivity contribution is 0.0696. The van der Waals surface area contributed by atoms with E-state index >= 15 is 0 Å². The van der Waals surface area contributed by atoms with Gasteiger partial charge in [-0.15, -0.1) is 10.2 Å². The number of hydrogen-bond acceptors (Lipinski definition) is 6. The van der Waals surface area contributed by atoms with E-state index in [2.05, 4.69) is 10.2 Å². The Kier molecular flexibility index (Phi) is 3.79. The van der Waals surface area contributed by atoms with Crippen LogP contribution in [0, 0.1) is 0 Å². The van der Waals surface area contributed by atoms with E-state index in [0.717, 1.165) is 0 Å². The third-order valence-corrected chi connectivity index (χ3v) is 3.42. The molecule has 0 saturated heterocycles. The third kappa shape index (κ3) is 2.90. The average Bonchev–Trinajstić information content (AvgIpc) is 2.92. The highest BCUT2D eigenvalue weighted by molar-refractivity contribution is 7.98. The minimum atomic E-state index is -1.01. The molecule has 0 aliphatic rings. The van der Waals surface area contributed by atoms with Crippen LogP contribution in [0.3, 0.4) is 0 Å². The second-order valence-corrected chi connectivity index (χ2v) is 5.14. The Morgan fingerprint density at radius 2 is 2.32 bits per heavy atom. The summed E-state index contributed by atoms with van der Waals surface area (Å²) >= 11 is 1.40. The Hall–Kier alpha value is -1.96. The molecule has 0 spiro atoms. The van der Waals surface area contributed by atoms with Gasteiger partial charge in [-0.2, -0.15) is 0 Å². The number of carbonyl (C=O) groups is 1. The van der Waals surface area contributed by atoms with E-state index in [1.54, 1.807) is 0 Å². The summed E-state index contributed by atoms with van der Waals surface area (Å²) in [6.07, 6.45) is 1.22. The third-order valence-electron chi connectivity index (χ3n) is 2.45. The van der Waals surface area contributed by atoms with Crippen LogP contribution in [0.25, 0.3) is 0 Å². The number of hydrogen-bond donors (Lipinski definition) is 2. The van der Waals surface area contributed by atoms with Gasteiger partial charge in [-0.1, -0.05) is 11.8 Å². The first-order chi connectivity index (χ1) is 8.99. The summed E-state index contributed by atoms with van der Waals surface area (Å²) in [7, 11) is 0. The van der Waals surface area contributed by atoms with Gasteiger partial charge in [-0.3, -0.25) is 4.57 Å². The lowest BCUT2D eigenvalue weighted by atomic mass is 10.3. The van der Waals surface area contributed by atoms with E-state index < -0.39 is 5.97 Å². The van der Waals surface area contributed by atoms with Crippen LogP contribution in [0.1, 0.15) is 36.0 Å². The van der Waals surface area contributed by atoms with Gasteiger partial charge in [0.1, 0.15) is 12.0 Å². The number of rotatable bonds is 5. The molecule has 2 rings (SSSR count). The summed E-state index contributed by atoms with van der Waals surface area (Å²) in [5, 5.41) is 17.3. The first-order valence-electron chi connectivity index (χ1n) is 5.63. The smallest absolute Gasteiger partial charge is 0.338 e. The quantitative estimate of drug-likeness (QED) is 0.808. The number of thioether (sulfide) groups is 1. The van der Waals surface area contributed by atoms with Gasteiger partial charge in [0.05, 0.1) is 11.3 Å². The monoisotopic (exact) mass is 282 g/mol. The largest absolute Gasteiger partial charge is 0.478 e. The van der Waals surface area contributed by atoms with E-state index in [-0.39, 0.29) is 11.6 Å². The molecule has 7 nitrogen and oxygen atoms in total. The van der Waals surface area contributed by atoms with Crippen LogP contribution in [-0.2, 0) is 5.75 Å². The first-order valence-corrected chi connectivity index (χ1v) is 6.61. The van der Waals surface area contributed by atoms with Crippen molar-refractivity contribution in [2.45, 2.75) is 30.8 Å². The van der Waals surface area contributed by atoms with E-state index in [9.17, 15) is 4.79 Å². The highest BCUT2D eigenvalue weighted by atomic mass is 32.2. The highest BCUT2D eigenvalue weighted by Gasteiger charge is 2.14. The van der Waals surface area contributed by atoms with Gasteiger partial charge in [-0.25, -0.2) is 4.79 Å². The zero-order valence-electron chi connectivity index (χ0n) is 10.5. The van der Waals surface area contributed by atoms with Gasteiger partial charge < -0.3 is 15.3 Å². The predicted octanol–water partition coefficient (Wildman–Crippen LogP) is 2.02. The molecular formula is C11H14N4O3S. The summed E-state index contributed by atoms with van der Waals surface area (Å²) in [4.78, 5) is 10.7. The molecular weight excluding hydrogens is 268 g/mol. The fraction of sp³-hybridized carbons (Fsp3) is 0.364. The second kappa shape index (κ2) is 5.35. The van der Waals surface area contributed by atoms with Crippen LogP contribution in [0.5, 0.6) is 0 Å². The Balaban J connectivity index is 2.08. The van der Waals surface area contributed by atoms with Crippen molar-refractivity contribution in [3.63, 3.8) is 0 Å². The molecule has 0 fully saturated rings. The number of anilines is 1. The van der Waals surface area contributed by atoms with Crippen molar-refractivity contribution in [3.8, 4) is 0 Å². The normalized spacial score (nSPS) is 11.1. The molecule has 0 unspecified atom stereocenters. The zero-order chi connectivity index (χ0) is 14.0. The summed E-state index contributed by atoms with van der Waals surface area (Å²) in [5.41, 5.74) is 5.87. The van der Waals surface area contributed by atoms with E-state index in [1.165, 1.54) is 24.1 Å². The number of furan rings is 1. The van der Waals surface area contributed by atoms with Crippen molar-refractivity contribution in [2.75, 3.05) is 5.73 Å². The molecule has 0 aliphatic heterocycles. The number of carboxylic acids is 1. The molecule has 0 saturated carbocycles. The van der Waals surface area contributed by atoms with Crippen molar-refractivity contribution in [1.82, 2.24) is 14.8 Å². The number of carboxylic acid groups (broad SMARTS) is 1. The SMILES string of the molecule is CC(C)n1c(N)nnc1SCc1cc(C(=O)O)co1. The van der Waals surface area contributed by atoms with Gasteiger partial charge in [0, 0.05) is 6.04 Å². The molecule has 19 heavy (non-hydrogen) atoms. The van der Waals surface area contributed by atoms with Gasteiger partial charge in [0.2, 0.25) is 5.95 Å². The number of aromatic carboxylic acids is 1. The lowest BCUT2D eigenvalue weighted by Crippen LogP contribution is -2.06. The fourth-order valence-corrected chi connectivity index (χ4v) is 2.54. The van der Waals surface area contributed by atoms with Crippen LogP contribution in [-0.4, -0.2) is 25.8 Å². The van der Waals surface area contributed by atoms with Crippen molar-refractivity contribution in [3.05, 3.63) is 23.7 Å². The summed E-state index contributed by atoms with van der Waals surface area (Å²) in [6, 6.07) is 1.65.